The van der Waals surface area contributed by atoms with E-state index >= 15 is 0 Å². The quantitative estimate of drug-likeness (QED) is 0.158. The highest BCUT2D eigenvalue weighted by molar-refractivity contribution is 6.21. The lowest BCUT2D eigenvalue weighted by atomic mass is 9.69. The zero-order valence-corrected chi connectivity index (χ0v) is 35.5. The highest BCUT2D eigenvalue weighted by atomic mass is 16.3. The van der Waals surface area contributed by atoms with Gasteiger partial charge in [-0.1, -0.05) is 224 Å². The zero-order chi connectivity index (χ0) is 42.6. The number of rotatable bonds is 5. The first-order valence-electron chi connectivity index (χ1n) is 22.7. The van der Waals surface area contributed by atoms with Crippen LogP contribution in [0.25, 0.3) is 88.0 Å². The van der Waals surface area contributed by atoms with Crippen LogP contribution >= 0.6 is 0 Å². The van der Waals surface area contributed by atoms with Crippen molar-refractivity contribution in [2.45, 2.75) is 11.3 Å². The molecule has 1 heteroatoms. The molecule has 0 amide bonds. The van der Waals surface area contributed by atoms with E-state index in [1.54, 1.807) is 0 Å². The van der Waals surface area contributed by atoms with E-state index in [1.165, 1.54) is 99.4 Å². The van der Waals surface area contributed by atoms with Crippen molar-refractivity contribution in [1.82, 2.24) is 0 Å². The number of benzene rings is 11. The summed E-state index contributed by atoms with van der Waals surface area (Å²) < 4.78 is 7.24. The molecule has 0 N–H and O–H groups in total. The third-order valence-corrected chi connectivity index (χ3v) is 14.6. The molecule has 14 rings (SSSR count). The molecule has 1 aromatic heterocycles. The molecule has 2 aliphatic rings. The molecule has 1 nitrogen and oxygen atoms in total. The fourth-order valence-corrected chi connectivity index (χ4v) is 12.1. The molecule has 0 saturated carbocycles. The summed E-state index contributed by atoms with van der Waals surface area (Å²) in [5.41, 5.74) is 20.4. The summed E-state index contributed by atoms with van der Waals surface area (Å²) in [6, 6.07) is 87.8. The maximum absolute atomic E-state index is 7.24. The van der Waals surface area contributed by atoms with E-state index in [-0.39, 0.29) is 5.92 Å². The topological polar surface area (TPSA) is 13.1 Å². The van der Waals surface area contributed by atoms with Gasteiger partial charge in [-0.05, 0) is 112 Å². The van der Waals surface area contributed by atoms with Crippen molar-refractivity contribution in [3.05, 3.63) is 276 Å². The third-order valence-electron chi connectivity index (χ3n) is 14.6. The number of hydrogen-bond acceptors (Lipinski definition) is 1. The maximum Gasteiger partial charge on any atom is 0.143 e. The molecule has 1 heterocycles. The number of fused-ring (bicyclic) bond motifs is 15. The normalized spacial score (nSPS) is 13.6. The zero-order valence-electron chi connectivity index (χ0n) is 35.5. The van der Waals surface area contributed by atoms with E-state index in [0.717, 1.165) is 27.5 Å². The summed E-state index contributed by atoms with van der Waals surface area (Å²) in [6.07, 6.45) is 0. The van der Waals surface area contributed by atoms with Crippen LogP contribution in [0, 0.1) is 0 Å². The van der Waals surface area contributed by atoms with Gasteiger partial charge in [0.05, 0.1) is 5.41 Å². The standard InChI is InChI=1S/C64H40O/c1-2-18-40(19-3-1)44-24-8-9-29-51(44)60(43-36-37-50-49-28-12-15-34-57(49)64(58(50)39-43)55-32-13-10-26-47(55)48-27-11-14-33-56(48)64)53-31-17-35-59-61(53)54-38-42-21-5-7-25-46(42)62(63(54)65-59)52-30-16-22-41-20-4-6-23-45(41)52/h1-39,60H. The van der Waals surface area contributed by atoms with Crippen molar-refractivity contribution in [2.75, 3.05) is 0 Å². The lowest BCUT2D eigenvalue weighted by Gasteiger charge is -2.31. The average Bonchev–Trinajstić information content (AvgIpc) is 4.00. The second-order valence-electron chi connectivity index (χ2n) is 17.8. The molecule has 11 aromatic carbocycles. The molecule has 1 spiro atoms. The Morgan fingerprint density at radius 2 is 0.877 bits per heavy atom. The minimum atomic E-state index is -0.459. The van der Waals surface area contributed by atoms with Crippen LogP contribution in [0.5, 0.6) is 0 Å². The Morgan fingerprint density at radius 1 is 0.338 bits per heavy atom. The van der Waals surface area contributed by atoms with Gasteiger partial charge >= 0.3 is 0 Å². The van der Waals surface area contributed by atoms with E-state index in [1.807, 2.05) is 0 Å². The van der Waals surface area contributed by atoms with Crippen LogP contribution < -0.4 is 0 Å². The summed E-state index contributed by atoms with van der Waals surface area (Å²) in [5, 5.41) is 7.08. The molecule has 0 fully saturated rings. The molecular formula is C64H40O. The Labute approximate surface area is 377 Å². The Balaban J connectivity index is 1.09. The second-order valence-corrected chi connectivity index (χ2v) is 17.8. The van der Waals surface area contributed by atoms with Crippen LogP contribution in [0.3, 0.4) is 0 Å². The van der Waals surface area contributed by atoms with Crippen LogP contribution in [-0.2, 0) is 5.41 Å². The van der Waals surface area contributed by atoms with Gasteiger partial charge in [-0.2, -0.15) is 0 Å². The predicted octanol–water partition coefficient (Wildman–Crippen LogP) is 16.8. The fraction of sp³-hybridized carbons (Fsp3) is 0.0312. The molecule has 2 aliphatic carbocycles. The summed E-state index contributed by atoms with van der Waals surface area (Å²) in [6.45, 7) is 0. The van der Waals surface area contributed by atoms with Gasteiger partial charge in [-0.25, -0.2) is 0 Å². The average molecular weight is 825 g/mol. The summed E-state index contributed by atoms with van der Waals surface area (Å²) in [5.74, 6) is -0.152. The molecule has 0 saturated heterocycles. The molecule has 12 aromatic rings. The molecule has 0 radical (unpaired) electrons. The Hall–Kier alpha value is -8.26. The minimum Gasteiger partial charge on any atom is -0.455 e. The van der Waals surface area contributed by atoms with Gasteiger partial charge in [-0.15, -0.1) is 0 Å². The molecular weight excluding hydrogens is 785 g/mol. The van der Waals surface area contributed by atoms with Gasteiger partial charge < -0.3 is 4.42 Å². The van der Waals surface area contributed by atoms with E-state index < -0.39 is 5.41 Å². The van der Waals surface area contributed by atoms with Crippen molar-refractivity contribution < 1.29 is 4.42 Å². The van der Waals surface area contributed by atoms with Gasteiger partial charge in [0.2, 0.25) is 0 Å². The molecule has 1 atom stereocenters. The Morgan fingerprint density at radius 3 is 1.62 bits per heavy atom. The van der Waals surface area contributed by atoms with Crippen molar-refractivity contribution >= 4 is 43.5 Å². The van der Waals surface area contributed by atoms with E-state index in [4.69, 9.17) is 4.42 Å². The van der Waals surface area contributed by atoms with E-state index in [2.05, 4.69) is 237 Å². The smallest absolute Gasteiger partial charge is 0.143 e. The lowest BCUT2D eigenvalue weighted by molar-refractivity contribution is 0.670. The van der Waals surface area contributed by atoms with Gasteiger partial charge in [0.15, 0.2) is 0 Å². The SMILES string of the molecule is c1ccc(-c2ccccc2C(c2ccc3c(c2)C2(c4ccccc4-c4ccccc42)c2ccccc2-3)c2cccc3oc4c(-c5cccc6ccccc56)c5ccccc5cc4c23)cc1. The monoisotopic (exact) mass is 824 g/mol. The third kappa shape index (κ3) is 5.04. The molecule has 302 valence electrons. The predicted molar refractivity (Wildman–Crippen MR) is 270 cm³/mol. The van der Waals surface area contributed by atoms with Crippen LogP contribution in [0.4, 0.5) is 0 Å². The van der Waals surface area contributed by atoms with Gasteiger partial charge in [0.25, 0.3) is 0 Å². The number of hydrogen-bond donors (Lipinski definition) is 0. The molecule has 0 bridgehead atoms. The molecule has 65 heavy (non-hydrogen) atoms. The summed E-state index contributed by atoms with van der Waals surface area (Å²) in [7, 11) is 0. The van der Waals surface area contributed by atoms with Crippen molar-refractivity contribution in [3.63, 3.8) is 0 Å². The minimum absolute atomic E-state index is 0.152. The first-order valence-corrected chi connectivity index (χ1v) is 22.7. The maximum atomic E-state index is 7.24. The van der Waals surface area contributed by atoms with E-state index in [9.17, 15) is 0 Å². The van der Waals surface area contributed by atoms with Gasteiger partial charge in [0, 0.05) is 22.3 Å². The van der Waals surface area contributed by atoms with Crippen molar-refractivity contribution in [3.8, 4) is 44.5 Å². The van der Waals surface area contributed by atoms with Gasteiger partial charge in [-0.3, -0.25) is 0 Å². The largest absolute Gasteiger partial charge is 0.455 e. The molecule has 1 unspecified atom stereocenters. The first kappa shape index (κ1) is 36.2. The van der Waals surface area contributed by atoms with Crippen LogP contribution in [-0.4, -0.2) is 0 Å². The number of furan rings is 1. The summed E-state index contributed by atoms with van der Waals surface area (Å²) >= 11 is 0. The Kier molecular flexibility index (Phi) is 7.73. The van der Waals surface area contributed by atoms with Crippen LogP contribution in [0.15, 0.2) is 241 Å². The van der Waals surface area contributed by atoms with Crippen LogP contribution in [0.1, 0.15) is 44.9 Å². The van der Waals surface area contributed by atoms with Crippen molar-refractivity contribution in [2.24, 2.45) is 0 Å². The lowest BCUT2D eigenvalue weighted by Crippen LogP contribution is -2.26. The van der Waals surface area contributed by atoms with Crippen LogP contribution in [0.2, 0.25) is 0 Å². The second kappa shape index (κ2) is 13.9. The fourth-order valence-electron chi connectivity index (χ4n) is 12.1. The van der Waals surface area contributed by atoms with E-state index in [0.29, 0.717) is 0 Å². The highest BCUT2D eigenvalue weighted by Crippen LogP contribution is 2.63. The first-order chi connectivity index (χ1) is 32.3. The van der Waals surface area contributed by atoms with Crippen molar-refractivity contribution in [1.29, 1.82) is 0 Å². The molecule has 0 aliphatic heterocycles. The Bertz CT molecular complexity index is 3840. The summed E-state index contributed by atoms with van der Waals surface area (Å²) in [4.78, 5) is 0. The highest BCUT2D eigenvalue weighted by Gasteiger charge is 2.51. The van der Waals surface area contributed by atoms with Gasteiger partial charge in [0.1, 0.15) is 11.2 Å².